The zero-order valence-electron chi connectivity index (χ0n) is 10.3. The Morgan fingerprint density at radius 2 is 2.22 bits per heavy atom. The number of hydrogen-bond donors (Lipinski definition) is 0. The van der Waals surface area contributed by atoms with E-state index in [0.717, 1.165) is 29.0 Å². The molecule has 1 atom stereocenters. The molecule has 0 spiro atoms. The van der Waals surface area contributed by atoms with Crippen LogP contribution in [0.1, 0.15) is 29.6 Å². The molecule has 1 unspecified atom stereocenters. The van der Waals surface area contributed by atoms with E-state index < -0.39 is 0 Å². The van der Waals surface area contributed by atoms with Gasteiger partial charge in [-0.05, 0) is 41.4 Å². The summed E-state index contributed by atoms with van der Waals surface area (Å²) in [6.45, 7) is 4.05. The molecule has 0 bridgehead atoms. The van der Waals surface area contributed by atoms with Crippen molar-refractivity contribution in [2.75, 3.05) is 26.2 Å². The maximum absolute atomic E-state index is 12.4. The Labute approximate surface area is 120 Å². The van der Waals surface area contributed by atoms with Gasteiger partial charge >= 0.3 is 0 Å². The Bertz CT molecular complexity index is 448. The standard InChI is InChI=1S/C13H17BrN2OS/c14-12-7-10(9-18-12)13(17)16-6-5-15-4-2-1-3-11(15)8-16/h7,9,11H,1-6,8H2. The predicted octanol–water partition coefficient (Wildman–Crippen LogP) is 2.82. The van der Waals surface area contributed by atoms with Crippen LogP contribution in [0.25, 0.3) is 0 Å². The van der Waals surface area contributed by atoms with E-state index in [-0.39, 0.29) is 5.91 Å². The number of amides is 1. The molecule has 0 N–H and O–H groups in total. The van der Waals surface area contributed by atoms with Crippen molar-refractivity contribution >= 4 is 33.2 Å². The SMILES string of the molecule is O=C(c1csc(Br)c1)N1CCN2CCCCC2C1. The summed E-state index contributed by atoms with van der Waals surface area (Å²) in [6, 6.07) is 2.53. The van der Waals surface area contributed by atoms with E-state index in [9.17, 15) is 4.79 Å². The lowest BCUT2D eigenvalue weighted by atomic mass is 9.99. The van der Waals surface area contributed by atoms with Crippen LogP contribution in [-0.4, -0.2) is 47.9 Å². The lowest BCUT2D eigenvalue weighted by Gasteiger charge is -2.44. The minimum absolute atomic E-state index is 0.196. The molecule has 18 heavy (non-hydrogen) atoms. The van der Waals surface area contributed by atoms with Gasteiger partial charge in [0.05, 0.1) is 9.35 Å². The highest BCUT2D eigenvalue weighted by atomic mass is 79.9. The Hall–Kier alpha value is -0.390. The molecular weight excluding hydrogens is 312 g/mol. The Morgan fingerprint density at radius 3 is 3.00 bits per heavy atom. The van der Waals surface area contributed by atoms with Crippen LogP contribution in [0.4, 0.5) is 0 Å². The second kappa shape index (κ2) is 5.31. The first kappa shape index (κ1) is 12.6. The average Bonchev–Trinajstić information content (AvgIpc) is 2.84. The molecule has 0 aromatic carbocycles. The van der Waals surface area contributed by atoms with Crippen molar-refractivity contribution in [3.8, 4) is 0 Å². The number of halogens is 1. The molecular formula is C13H17BrN2OS. The Balaban J connectivity index is 1.68. The summed E-state index contributed by atoms with van der Waals surface area (Å²) >= 11 is 5.00. The molecule has 0 radical (unpaired) electrons. The summed E-state index contributed by atoms with van der Waals surface area (Å²) < 4.78 is 1.03. The van der Waals surface area contributed by atoms with E-state index in [1.54, 1.807) is 11.3 Å². The highest BCUT2D eigenvalue weighted by molar-refractivity contribution is 9.11. The Kier molecular flexibility index (Phi) is 3.73. The van der Waals surface area contributed by atoms with E-state index in [1.807, 2.05) is 16.3 Å². The van der Waals surface area contributed by atoms with Gasteiger partial charge in [-0.3, -0.25) is 9.69 Å². The number of thiophene rings is 1. The third kappa shape index (κ3) is 2.49. The number of carbonyl (C=O) groups is 1. The van der Waals surface area contributed by atoms with E-state index in [2.05, 4.69) is 20.8 Å². The van der Waals surface area contributed by atoms with Crippen molar-refractivity contribution < 1.29 is 4.79 Å². The van der Waals surface area contributed by atoms with Crippen molar-refractivity contribution in [3.05, 3.63) is 20.8 Å². The number of piperazine rings is 1. The first-order chi connectivity index (χ1) is 8.74. The van der Waals surface area contributed by atoms with Gasteiger partial charge in [-0.15, -0.1) is 11.3 Å². The summed E-state index contributed by atoms with van der Waals surface area (Å²) in [6.07, 6.45) is 3.88. The third-order valence-electron chi connectivity index (χ3n) is 3.94. The van der Waals surface area contributed by atoms with Gasteiger partial charge in [-0.2, -0.15) is 0 Å². The molecule has 2 fully saturated rings. The lowest BCUT2D eigenvalue weighted by molar-refractivity contribution is 0.0373. The smallest absolute Gasteiger partial charge is 0.254 e. The highest BCUT2D eigenvalue weighted by Crippen LogP contribution is 2.25. The maximum Gasteiger partial charge on any atom is 0.254 e. The van der Waals surface area contributed by atoms with Crippen molar-refractivity contribution in [2.24, 2.45) is 0 Å². The zero-order chi connectivity index (χ0) is 12.5. The molecule has 2 aliphatic heterocycles. The fourth-order valence-electron chi connectivity index (χ4n) is 2.95. The third-order valence-corrected chi connectivity index (χ3v) is 5.44. The zero-order valence-corrected chi connectivity index (χ0v) is 12.7. The molecule has 98 valence electrons. The maximum atomic E-state index is 12.4. The molecule has 0 saturated carbocycles. The second-order valence-corrected chi connectivity index (χ2v) is 7.37. The largest absolute Gasteiger partial charge is 0.336 e. The molecule has 0 aliphatic carbocycles. The van der Waals surface area contributed by atoms with Gasteiger partial charge in [-0.1, -0.05) is 6.42 Å². The Morgan fingerprint density at radius 1 is 1.33 bits per heavy atom. The molecule has 3 rings (SSSR count). The van der Waals surface area contributed by atoms with Gasteiger partial charge in [0.1, 0.15) is 0 Å². The van der Waals surface area contributed by atoms with Gasteiger partial charge in [0.25, 0.3) is 5.91 Å². The van der Waals surface area contributed by atoms with Crippen LogP contribution in [0.15, 0.2) is 15.2 Å². The molecule has 1 aromatic heterocycles. The fraction of sp³-hybridized carbons (Fsp3) is 0.615. The quantitative estimate of drug-likeness (QED) is 0.791. The predicted molar refractivity (Wildman–Crippen MR) is 77.1 cm³/mol. The highest BCUT2D eigenvalue weighted by Gasteiger charge is 2.31. The van der Waals surface area contributed by atoms with Gasteiger partial charge in [0.2, 0.25) is 0 Å². The number of hydrogen-bond acceptors (Lipinski definition) is 3. The summed E-state index contributed by atoms with van der Waals surface area (Å²) in [5, 5.41) is 1.94. The molecule has 5 heteroatoms. The molecule has 1 aromatic rings. The fourth-order valence-corrected chi connectivity index (χ4v) is 4.08. The molecule has 3 heterocycles. The van der Waals surface area contributed by atoms with Gasteiger partial charge in [-0.25, -0.2) is 0 Å². The van der Waals surface area contributed by atoms with Crippen LogP contribution in [0.5, 0.6) is 0 Å². The van der Waals surface area contributed by atoms with Crippen molar-refractivity contribution in [3.63, 3.8) is 0 Å². The van der Waals surface area contributed by atoms with Crippen LogP contribution in [-0.2, 0) is 0 Å². The number of rotatable bonds is 1. The summed E-state index contributed by atoms with van der Waals surface area (Å²) in [7, 11) is 0. The van der Waals surface area contributed by atoms with E-state index in [1.165, 1.54) is 25.8 Å². The average molecular weight is 329 g/mol. The molecule has 1 amide bonds. The normalized spacial score (nSPS) is 24.9. The summed E-state index contributed by atoms with van der Waals surface area (Å²) in [5.41, 5.74) is 0.830. The first-order valence-corrected chi connectivity index (χ1v) is 8.18. The van der Waals surface area contributed by atoms with Crippen molar-refractivity contribution in [1.82, 2.24) is 9.80 Å². The summed E-state index contributed by atoms with van der Waals surface area (Å²) in [4.78, 5) is 17.0. The number of piperidine rings is 1. The minimum Gasteiger partial charge on any atom is -0.336 e. The van der Waals surface area contributed by atoms with Crippen LogP contribution < -0.4 is 0 Å². The lowest BCUT2D eigenvalue weighted by Crippen LogP contribution is -2.56. The van der Waals surface area contributed by atoms with E-state index in [0.29, 0.717) is 6.04 Å². The number of carbonyl (C=O) groups excluding carboxylic acids is 1. The van der Waals surface area contributed by atoms with Gasteiger partial charge < -0.3 is 4.90 Å². The van der Waals surface area contributed by atoms with Crippen LogP contribution in [0.2, 0.25) is 0 Å². The van der Waals surface area contributed by atoms with Crippen molar-refractivity contribution in [2.45, 2.75) is 25.3 Å². The van der Waals surface area contributed by atoms with Gasteiger partial charge in [0, 0.05) is 31.1 Å². The number of fused-ring (bicyclic) bond motifs is 1. The van der Waals surface area contributed by atoms with Crippen LogP contribution in [0.3, 0.4) is 0 Å². The van der Waals surface area contributed by atoms with Gasteiger partial charge in [0.15, 0.2) is 0 Å². The topological polar surface area (TPSA) is 23.6 Å². The van der Waals surface area contributed by atoms with Crippen LogP contribution >= 0.6 is 27.3 Å². The van der Waals surface area contributed by atoms with E-state index in [4.69, 9.17) is 0 Å². The molecule has 3 nitrogen and oxygen atoms in total. The summed E-state index contributed by atoms with van der Waals surface area (Å²) in [5.74, 6) is 0.196. The molecule has 2 saturated heterocycles. The van der Waals surface area contributed by atoms with Crippen molar-refractivity contribution in [1.29, 1.82) is 0 Å². The van der Waals surface area contributed by atoms with E-state index >= 15 is 0 Å². The minimum atomic E-state index is 0.196. The second-order valence-electron chi connectivity index (χ2n) is 5.08. The van der Waals surface area contributed by atoms with Crippen LogP contribution in [0, 0.1) is 0 Å². The first-order valence-electron chi connectivity index (χ1n) is 6.51. The number of nitrogens with zero attached hydrogens (tertiary/aromatic N) is 2. The monoisotopic (exact) mass is 328 g/mol. The molecule has 2 aliphatic rings.